The van der Waals surface area contributed by atoms with Crippen LogP contribution in [0.15, 0.2) is 35.4 Å². The van der Waals surface area contributed by atoms with Gasteiger partial charge in [0, 0.05) is 18.4 Å². The Balaban J connectivity index is 1.18. The number of Topliss-reactive ketones (excluding diaryl/α,β-unsaturated/α-hetero) is 1. The fourth-order valence-corrected chi connectivity index (χ4v) is 12.3. The SMILES string of the molecule is CC(C)C1=C2C3CCC4C(C)(CCC5C(C)C(OC(=O)CC(C)(C)C(=O)O)CCC54C)C3CCC2(CCNCc2ccc(F)cc2)CC1=O. The Morgan fingerprint density at radius 2 is 1.65 bits per heavy atom. The molecule has 7 heteroatoms. The van der Waals surface area contributed by atoms with Crippen LogP contribution in [0.2, 0.25) is 0 Å². The molecule has 6 rings (SSSR count). The monoisotopic (exact) mass is 677 g/mol. The highest BCUT2D eigenvalue weighted by Crippen LogP contribution is 2.72. The lowest BCUT2D eigenvalue weighted by Crippen LogP contribution is -2.60. The molecule has 9 atom stereocenters. The summed E-state index contributed by atoms with van der Waals surface area (Å²) in [5, 5.41) is 13.1. The zero-order valence-corrected chi connectivity index (χ0v) is 31.0. The van der Waals surface area contributed by atoms with Gasteiger partial charge in [-0.3, -0.25) is 14.4 Å². The van der Waals surface area contributed by atoms with E-state index >= 15 is 0 Å². The number of carboxylic acids is 1. The maximum Gasteiger partial charge on any atom is 0.309 e. The van der Waals surface area contributed by atoms with Crippen LogP contribution < -0.4 is 5.32 Å². The molecule has 0 spiro atoms. The largest absolute Gasteiger partial charge is 0.481 e. The Bertz CT molecular complexity index is 1480. The number of halogens is 1. The molecular formula is C42H60FNO5. The summed E-state index contributed by atoms with van der Waals surface area (Å²) in [7, 11) is 0. The third kappa shape index (κ3) is 6.33. The number of allylic oxidation sites excluding steroid dienone is 2. The van der Waals surface area contributed by atoms with E-state index in [9.17, 15) is 23.9 Å². The van der Waals surface area contributed by atoms with Gasteiger partial charge in [-0.05, 0) is 148 Å². The molecule has 6 nitrogen and oxygen atoms in total. The third-order valence-electron chi connectivity index (χ3n) is 14.7. The number of rotatable bonds is 10. The fraction of sp³-hybridized carbons (Fsp3) is 0.738. The molecule has 5 aliphatic rings. The summed E-state index contributed by atoms with van der Waals surface area (Å²) in [5.74, 6) is 1.35. The van der Waals surface area contributed by atoms with Gasteiger partial charge in [-0.1, -0.05) is 52.3 Å². The first-order valence-corrected chi connectivity index (χ1v) is 19.2. The minimum absolute atomic E-state index is 0.0520. The predicted octanol–water partition coefficient (Wildman–Crippen LogP) is 8.92. The maximum atomic E-state index is 13.8. The van der Waals surface area contributed by atoms with E-state index in [0.29, 0.717) is 42.4 Å². The topological polar surface area (TPSA) is 92.7 Å². The average Bonchev–Trinajstić information content (AvgIpc) is 3.33. The second kappa shape index (κ2) is 13.2. The summed E-state index contributed by atoms with van der Waals surface area (Å²) in [6.07, 6.45) is 10.1. The lowest BCUT2D eigenvalue weighted by molar-refractivity contribution is -0.192. The van der Waals surface area contributed by atoms with Gasteiger partial charge in [0.1, 0.15) is 11.9 Å². The summed E-state index contributed by atoms with van der Waals surface area (Å²) >= 11 is 0. The molecule has 5 aliphatic carbocycles. The highest BCUT2D eigenvalue weighted by Gasteiger charge is 2.65. The van der Waals surface area contributed by atoms with Crippen molar-refractivity contribution in [2.75, 3.05) is 6.54 Å². The first-order chi connectivity index (χ1) is 23.0. The van der Waals surface area contributed by atoms with Crippen LogP contribution in [0, 0.1) is 63.0 Å². The van der Waals surface area contributed by atoms with Crippen molar-refractivity contribution in [2.45, 2.75) is 132 Å². The quantitative estimate of drug-likeness (QED) is 0.190. The fourth-order valence-electron chi connectivity index (χ4n) is 12.3. The Kier molecular flexibility index (Phi) is 9.78. The van der Waals surface area contributed by atoms with Crippen molar-refractivity contribution >= 4 is 17.7 Å². The van der Waals surface area contributed by atoms with E-state index in [1.165, 1.54) is 37.0 Å². The number of ether oxygens (including phenoxy) is 1. The summed E-state index contributed by atoms with van der Waals surface area (Å²) in [6, 6.07) is 6.70. The minimum atomic E-state index is -1.14. The third-order valence-corrected chi connectivity index (χ3v) is 14.7. The van der Waals surface area contributed by atoms with Gasteiger partial charge in [-0.15, -0.1) is 0 Å². The number of hydrogen-bond donors (Lipinski definition) is 2. The molecule has 0 saturated heterocycles. The van der Waals surface area contributed by atoms with Crippen molar-refractivity contribution in [3.8, 4) is 0 Å². The van der Waals surface area contributed by atoms with Crippen LogP contribution >= 0.6 is 0 Å². The van der Waals surface area contributed by atoms with Gasteiger partial charge >= 0.3 is 11.9 Å². The molecule has 2 N–H and O–H groups in total. The van der Waals surface area contributed by atoms with Crippen molar-refractivity contribution in [2.24, 2.45) is 57.2 Å². The van der Waals surface area contributed by atoms with Gasteiger partial charge in [-0.25, -0.2) is 4.39 Å². The van der Waals surface area contributed by atoms with E-state index < -0.39 is 17.4 Å². The maximum absolute atomic E-state index is 13.8. The number of aliphatic carboxylic acids is 1. The zero-order chi connectivity index (χ0) is 35.5. The van der Waals surface area contributed by atoms with Crippen LogP contribution in [0.1, 0.15) is 125 Å². The average molecular weight is 678 g/mol. The first kappa shape index (κ1) is 36.3. The van der Waals surface area contributed by atoms with Crippen LogP contribution in [0.3, 0.4) is 0 Å². The Hall–Kier alpha value is -2.54. The van der Waals surface area contributed by atoms with Crippen molar-refractivity contribution in [3.63, 3.8) is 0 Å². The number of esters is 1. The number of carbonyl (C=O) groups excluding carboxylic acids is 2. The van der Waals surface area contributed by atoms with Crippen molar-refractivity contribution in [1.82, 2.24) is 5.32 Å². The van der Waals surface area contributed by atoms with Gasteiger partial charge in [0.2, 0.25) is 0 Å². The summed E-state index contributed by atoms with van der Waals surface area (Å²) < 4.78 is 19.5. The molecular weight excluding hydrogens is 617 g/mol. The number of ketones is 1. The van der Waals surface area contributed by atoms with E-state index in [1.54, 1.807) is 13.8 Å². The number of fused-ring (bicyclic) bond motifs is 7. The molecule has 0 heterocycles. The van der Waals surface area contributed by atoms with Gasteiger partial charge in [0.05, 0.1) is 11.8 Å². The van der Waals surface area contributed by atoms with Crippen LogP contribution in [0.25, 0.3) is 0 Å². The lowest BCUT2D eigenvalue weighted by Gasteiger charge is -2.67. The molecule has 0 amide bonds. The number of carboxylic acid groups (broad SMARTS) is 1. The Labute approximate surface area is 293 Å². The molecule has 0 radical (unpaired) electrons. The van der Waals surface area contributed by atoms with E-state index in [-0.39, 0.29) is 46.4 Å². The Morgan fingerprint density at radius 3 is 2.33 bits per heavy atom. The van der Waals surface area contributed by atoms with E-state index in [2.05, 4.69) is 39.9 Å². The molecule has 0 aromatic heterocycles. The van der Waals surface area contributed by atoms with Crippen LogP contribution in [-0.2, 0) is 25.7 Å². The molecule has 9 unspecified atom stereocenters. The molecule has 4 fully saturated rings. The predicted molar refractivity (Wildman–Crippen MR) is 189 cm³/mol. The summed E-state index contributed by atoms with van der Waals surface area (Å²) in [5.41, 5.74) is 2.91. The van der Waals surface area contributed by atoms with Gasteiger partial charge in [0.25, 0.3) is 0 Å². The number of carbonyl (C=O) groups is 3. The summed E-state index contributed by atoms with van der Waals surface area (Å²) in [4.78, 5) is 38.4. The number of hydrogen-bond acceptors (Lipinski definition) is 5. The molecule has 270 valence electrons. The minimum Gasteiger partial charge on any atom is -0.481 e. The van der Waals surface area contributed by atoms with E-state index in [0.717, 1.165) is 56.2 Å². The lowest BCUT2D eigenvalue weighted by atomic mass is 9.38. The first-order valence-electron chi connectivity index (χ1n) is 19.2. The second-order valence-electron chi connectivity index (χ2n) is 18.2. The highest BCUT2D eigenvalue weighted by molar-refractivity contribution is 6.00. The number of nitrogens with one attached hydrogen (secondary N) is 1. The van der Waals surface area contributed by atoms with Crippen molar-refractivity contribution in [1.29, 1.82) is 0 Å². The van der Waals surface area contributed by atoms with Crippen molar-refractivity contribution in [3.05, 3.63) is 46.8 Å². The molecule has 49 heavy (non-hydrogen) atoms. The van der Waals surface area contributed by atoms with Crippen LogP contribution in [-0.4, -0.2) is 35.5 Å². The summed E-state index contributed by atoms with van der Waals surface area (Å²) in [6.45, 7) is 16.5. The normalized spacial score (nSPS) is 37.3. The van der Waals surface area contributed by atoms with Gasteiger partial charge < -0.3 is 15.2 Å². The molecule has 4 saturated carbocycles. The Morgan fingerprint density at radius 1 is 1.00 bits per heavy atom. The highest BCUT2D eigenvalue weighted by atomic mass is 19.1. The standard InChI is InChI=1S/C42H60FNO5/c1-25(2)36-32(45)22-42(20-21-44-24-27-8-10-28(43)11-9-27)19-15-31-29(37(36)42)12-13-34-40(6)18-16-33(26(3)30(40)14-17-41(31,34)7)49-35(46)23-39(4,5)38(47)48/h8-11,25-26,29-31,33-34,44H,12-24H2,1-7H3,(H,47,48). The second-order valence-corrected chi connectivity index (χ2v) is 18.2. The molecule has 1 aromatic rings. The number of benzene rings is 1. The molecule has 0 aliphatic heterocycles. The zero-order valence-electron chi connectivity index (χ0n) is 31.0. The molecule has 1 aromatic carbocycles. The van der Waals surface area contributed by atoms with E-state index in [1.807, 2.05) is 12.1 Å². The van der Waals surface area contributed by atoms with Crippen LogP contribution in [0.4, 0.5) is 4.39 Å². The smallest absolute Gasteiger partial charge is 0.309 e. The van der Waals surface area contributed by atoms with E-state index in [4.69, 9.17) is 4.74 Å². The van der Waals surface area contributed by atoms with Gasteiger partial charge in [0.15, 0.2) is 5.78 Å². The van der Waals surface area contributed by atoms with Crippen LogP contribution in [0.5, 0.6) is 0 Å². The van der Waals surface area contributed by atoms with Crippen molar-refractivity contribution < 1.29 is 28.6 Å². The van der Waals surface area contributed by atoms with Gasteiger partial charge in [-0.2, -0.15) is 0 Å². The molecule has 0 bridgehead atoms.